The number of hydrogen-bond acceptors (Lipinski definition) is 2. The first-order chi connectivity index (χ1) is 11.2. The van der Waals surface area contributed by atoms with E-state index in [9.17, 15) is 4.79 Å². The van der Waals surface area contributed by atoms with Gasteiger partial charge in [-0.2, -0.15) is 0 Å². The predicted octanol–water partition coefficient (Wildman–Crippen LogP) is 4.21. The van der Waals surface area contributed by atoms with Crippen LogP contribution in [0.1, 0.15) is 38.7 Å². The maximum atomic E-state index is 12.3. The molecule has 3 heteroatoms. The fourth-order valence-corrected chi connectivity index (χ4v) is 2.52. The van der Waals surface area contributed by atoms with E-state index in [4.69, 9.17) is 0 Å². The van der Waals surface area contributed by atoms with E-state index >= 15 is 0 Å². The molecule has 23 heavy (non-hydrogen) atoms. The molecule has 120 valence electrons. The summed E-state index contributed by atoms with van der Waals surface area (Å²) in [7, 11) is 0. The van der Waals surface area contributed by atoms with Crippen molar-refractivity contribution in [3.8, 4) is 0 Å². The summed E-state index contributed by atoms with van der Waals surface area (Å²) in [6.07, 6.45) is 16.4. The monoisotopic (exact) mass is 308 g/mol. The van der Waals surface area contributed by atoms with Gasteiger partial charge in [0.1, 0.15) is 0 Å². The molecule has 1 aliphatic rings. The molecular formula is C20H24N2O. The summed E-state index contributed by atoms with van der Waals surface area (Å²) in [5.74, 6) is -0.00261. The minimum Gasteiger partial charge on any atom is -0.352 e. The maximum Gasteiger partial charge on any atom is 0.250 e. The van der Waals surface area contributed by atoms with Crippen LogP contribution in [0.5, 0.6) is 0 Å². The lowest BCUT2D eigenvalue weighted by Crippen LogP contribution is -2.25. The summed E-state index contributed by atoms with van der Waals surface area (Å²) < 4.78 is 0. The van der Waals surface area contributed by atoms with Crippen molar-refractivity contribution in [3.63, 3.8) is 0 Å². The number of allylic oxidation sites excluding steroid dienone is 5. The Morgan fingerprint density at radius 1 is 1.26 bits per heavy atom. The van der Waals surface area contributed by atoms with Crippen LogP contribution in [0.2, 0.25) is 0 Å². The fraction of sp³-hybridized carbons (Fsp3) is 0.300. The van der Waals surface area contributed by atoms with Crippen molar-refractivity contribution in [3.05, 3.63) is 71.6 Å². The van der Waals surface area contributed by atoms with Crippen molar-refractivity contribution in [1.82, 2.24) is 10.3 Å². The van der Waals surface area contributed by atoms with Crippen LogP contribution in [0, 0.1) is 0 Å². The highest BCUT2D eigenvalue weighted by Crippen LogP contribution is 2.20. The summed E-state index contributed by atoms with van der Waals surface area (Å²) in [5.41, 5.74) is 4.33. The second-order valence-corrected chi connectivity index (χ2v) is 5.43. The molecule has 2 rings (SSSR count). The van der Waals surface area contributed by atoms with E-state index in [1.54, 1.807) is 12.4 Å². The molecule has 0 saturated carbocycles. The first kappa shape index (κ1) is 16.9. The van der Waals surface area contributed by atoms with Gasteiger partial charge in [0, 0.05) is 24.5 Å². The Labute approximate surface area is 138 Å². The van der Waals surface area contributed by atoms with Gasteiger partial charge < -0.3 is 5.32 Å². The van der Waals surface area contributed by atoms with Crippen LogP contribution < -0.4 is 5.32 Å². The zero-order valence-electron chi connectivity index (χ0n) is 13.9. The number of hydrogen-bond donors (Lipinski definition) is 1. The van der Waals surface area contributed by atoms with Crippen LogP contribution in [0.15, 0.2) is 66.1 Å². The minimum atomic E-state index is -0.00261. The number of carbonyl (C=O) groups excluding carboxylic acids is 1. The van der Waals surface area contributed by atoms with Gasteiger partial charge in [0.05, 0.1) is 0 Å². The average Bonchev–Trinajstić information content (AvgIpc) is 2.85. The lowest BCUT2D eigenvalue weighted by atomic mass is 10.1. The third kappa shape index (κ3) is 5.06. The number of nitrogens with one attached hydrogen (secondary N) is 1. The molecule has 0 saturated heterocycles. The highest BCUT2D eigenvalue weighted by Gasteiger charge is 2.08. The molecule has 0 spiro atoms. The van der Waals surface area contributed by atoms with Crippen molar-refractivity contribution in [1.29, 1.82) is 0 Å². The number of aromatic nitrogens is 1. The van der Waals surface area contributed by atoms with E-state index in [0.717, 1.165) is 36.0 Å². The molecule has 0 bridgehead atoms. The van der Waals surface area contributed by atoms with Crippen LogP contribution in [0.25, 0.3) is 5.57 Å². The first-order valence-corrected chi connectivity index (χ1v) is 8.15. The zero-order valence-corrected chi connectivity index (χ0v) is 13.9. The molecular weight excluding hydrogens is 284 g/mol. The van der Waals surface area contributed by atoms with E-state index in [-0.39, 0.29) is 5.91 Å². The molecule has 1 aromatic rings. The van der Waals surface area contributed by atoms with Crippen LogP contribution in [-0.4, -0.2) is 17.4 Å². The lowest BCUT2D eigenvalue weighted by Gasteiger charge is -2.07. The van der Waals surface area contributed by atoms with Gasteiger partial charge in [-0.25, -0.2) is 0 Å². The second kappa shape index (κ2) is 8.89. The Bertz CT molecular complexity index is 651. The molecule has 0 unspecified atom stereocenters. The highest BCUT2D eigenvalue weighted by atomic mass is 16.1. The van der Waals surface area contributed by atoms with Gasteiger partial charge in [-0.3, -0.25) is 9.78 Å². The average molecular weight is 308 g/mol. The molecule has 0 aliphatic heterocycles. The summed E-state index contributed by atoms with van der Waals surface area (Å²) in [5, 5.41) is 3.00. The smallest absolute Gasteiger partial charge is 0.250 e. The molecule has 0 atom stereocenters. The normalized spacial score (nSPS) is 14.8. The molecule has 1 N–H and O–H groups in total. The summed E-state index contributed by atoms with van der Waals surface area (Å²) in [6, 6.07) is 3.95. The van der Waals surface area contributed by atoms with Gasteiger partial charge in [-0.1, -0.05) is 36.8 Å². The van der Waals surface area contributed by atoms with Crippen molar-refractivity contribution < 1.29 is 4.79 Å². The number of amides is 1. The largest absolute Gasteiger partial charge is 0.352 e. The first-order valence-electron chi connectivity index (χ1n) is 8.15. The third-order valence-electron chi connectivity index (χ3n) is 3.99. The van der Waals surface area contributed by atoms with Crippen LogP contribution >= 0.6 is 0 Å². The van der Waals surface area contributed by atoms with Crippen LogP contribution in [0.3, 0.4) is 0 Å². The standard InChI is InChI=1S/C20H24N2O/c1-3-16(4-2)10-15-22-20(23)19-7-5-6-17(8-9-19)18-11-13-21-14-12-18/h3,6-9,11-14H,4-5,10,15H2,1-2H3,(H,22,23)/b16-3+. The quantitative estimate of drug-likeness (QED) is 0.800. The second-order valence-electron chi connectivity index (χ2n) is 5.43. The molecule has 1 aromatic heterocycles. The SMILES string of the molecule is C/C=C(\CC)CCNC(=O)C1=CCC=C(c2ccncc2)C=C1. The third-order valence-corrected chi connectivity index (χ3v) is 3.99. The van der Waals surface area contributed by atoms with Gasteiger partial charge in [0.25, 0.3) is 5.91 Å². The minimum absolute atomic E-state index is 0.00261. The van der Waals surface area contributed by atoms with Crippen molar-refractivity contribution in [2.75, 3.05) is 6.54 Å². The fourth-order valence-electron chi connectivity index (χ4n) is 2.52. The van der Waals surface area contributed by atoms with Gasteiger partial charge in [0.15, 0.2) is 0 Å². The van der Waals surface area contributed by atoms with Gasteiger partial charge in [0.2, 0.25) is 0 Å². The van der Waals surface area contributed by atoms with E-state index in [1.165, 1.54) is 5.57 Å². The Hall–Kier alpha value is -2.42. The van der Waals surface area contributed by atoms with Crippen molar-refractivity contribution in [2.45, 2.75) is 33.1 Å². The van der Waals surface area contributed by atoms with Crippen molar-refractivity contribution in [2.24, 2.45) is 0 Å². The number of nitrogens with zero attached hydrogens (tertiary/aromatic N) is 1. The molecule has 1 aliphatic carbocycles. The lowest BCUT2D eigenvalue weighted by molar-refractivity contribution is -0.117. The maximum absolute atomic E-state index is 12.3. The molecule has 1 heterocycles. The number of pyridine rings is 1. The zero-order chi connectivity index (χ0) is 16.5. The Balaban J connectivity index is 1.92. The van der Waals surface area contributed by atoms with E-state index in [2.05, 4.69) is 29.4 Å². The van der Waals surface area contributed by atoms with Gasteiger partial charge >= 0.3 is 0 Å². The topological polar surface area (TPSA) is 42.0 Å². The summed E-state index contributed by atoms with van der Waals surface area (Å²) >= 11 is 0. The molecule has 0 radical (unpaired) electrons. The van der Waals surface area contributed by atoms with Crippen LogP contribution in [0.4, 0.5) is 0 Å². The number of rotatable bonds is 6. The van der Waals surface area contributed by atoms with E-state index in [1.807, 2.05) is 37.3 Å². The van der Waals surface area contributed by atoms with E-state index < -0.39 is 0 Å². The van der Waals surface area contributed by atoms with Gasteiger partial charge in [-0.05, 0) is 55.5 Å². The summed E-state index contributed by atoms with van der Waals surface area (Å²) in [6.45, 7) is 4.87. The molecule has 0 aromatic carbocycles. The van der Waals surface area contributed by atoms with Gasteiger partial charge in [-0.15, -0.1) is 0 Å². The predicted molar refractivity (Wildman–Crippen MR) is 95.7 cm³/mol. The molecule has 3 nitrogen and oxygen atoms in total. The van der Waals surface area contributed by atoms with E-state index in [0.29, 0.717) is 6.54 Å². The van der Waals surface area contributed by atoms with Crippen LogP contribution in [-0.2, 0) is 4.79 Å². The molecule has 1 amide bonds. The summed E-state index contributed by atoms with van der Waals surface area (Å²) in [4.78, 5) is 16.3. The Kier molecular flexibility index (Phi) is 6.55. The van der Waals surface area contributed by atoms with Crippen molar-refractivity contribution >= 4 is 11.5 Å². The highest BCUT2D eigenvalue weighted by molar-refractivity contribution is 5.97. The number of carbonyl (C=O) groups is 1. The Morgan fingerprint density at radius 2 is 2.04 bits per heavy atom. The Morgan fingerprint density at radius 3 is 2.74 bits per heavy atom. The molecule has 0 fully saturated rings.